The smallest absolute Gasteiger partial charge is 0.252 e. The topological polar surface area (TPSA) is 52.9 Å². The van der Waals surface area contributed by atoms with Crippen molar-refractivity contribution in [3.8, 4) is 6.07 Å². The molecule has 3 rings (SSSR count). The Morgan fingerprint density at radius 2 is 1.46 bits per heavy atom. The SMILES string of the molecule is CC(CNC(=O)c1ccccc1SCC#N)(c1ccccc1)c1ccccc1. The largest absolute Gasteiger partial charge is 0.351 e. The van der Waals surface area contributed by atoms with Gasteiger partial charge in [0, 0.05) is 16.9 Å². The van der Waals surface area contributed by atoms with E-state index in [4.69, 9.17) is 5.26 Å². The van der Waals surface area contributed by atoms with Crippen LogP contribution in [0.15, 0.2) is 89.8 Å². The van der Waals surface area contributed by atoms with E-state index in [0.29, 0.717) is 17.9 Å². The summed E-state index contributed by atoms with van der Waals surface area (Å²) in [6.45, 7) is 2.62. The Morgan fingerprint density at radius 3 is 2.04 bits per heavy atom. The second kappa shape index (κ2) is 9.25. The molecule has 140 valence electrons. The number of rotatable bonds is 7. The highest BCUT2D eigenvalue weighted by Gasteiger charge is 2.29. The summed E-state index contributed by atoms with van der Waals surface area (Å²) in [4.78, 5) is 13.8. The summed E-state index contributed by atoms with van der Waals surface area (Å²) >= 11 is 1.38. The lowest BCUT2D eigenvalue weighted by Crippen LogP contribution is -2.39. The quantitative estimate of drug-likeness (QED) is 0.579. The van der Waals surface area contributed by atoms with Crippen LogP contribution in [0.5, 0.6) is 0 Å². The van der Waals surface area contributed by atoms with E-state index in [0.717, 1.165) is 16.0 Å². The highest BCUT2D eigenvalue weighted by atomic mass is 32.2. The average molecular weight is 387 g/mol. The Balaban J connectivity index is 1.86. The lowest BCUT2D eigenvalue weighted by Gasteiger charge is -2.31. The molecule has 1 amide bonds. The number of thioether (sulfide) groups is 1. The maximum Gasteiger partial charge on any atom is 0.252 e. The van der Waals surface area contributed by atoms with Crippen molar-refractivity contribution < 1.29 is 4.79 Å². The maximum absolute atomic E-state index is 12.9. The Kier molecular flexibility index (Phi) is 6.52. The van der Waals surface area contributed by atoms with Gasteiger partial charge in [0.1, 0.15) is 0 Å². The molecule has 0 saturated carbocycles. The molecule has 3 aromatic carbocycles. The number of carbonyl (C=O) groups is 1. The molecule has 0 saturated heterocycles. The number of benzene rings is 3. The minimum atomic E-state index is -0.354. The first kappa shape index (κ1) is 19.7. The van der Waals surface area contributed by atoms with Crippen LogP contribution in [0.1, 0.15) is 28.4 Å². The monoisotopic (exact) mass is 386 g/mol. The molecule has 0 bridgehead atoms. The minimum absolute atomic E-state index is 0.126. The molecule has 0 aliphatic rings. The van der Waals surface area contributed by atoms with Gasteiger partial charge in [-0.1, -0.05) is 72.8 Å². The normalized spacial score (nSPS) is 10.9. The molecule has 4 heteroatoms. The van der Waals surface area contributed by atoms with Gasteiger partial charge in [0.25, 0.3) is 5.91 Å². The summed E-state index contributed by atoms with van der Waals surface area (Å²) in [5.41, 5.74) is 2.54. The molecule has 1 N–H and O–H groups in total. The van der Waals surface area contributed by atoms with Crippen LogP contribution in [0, 0.1) is 11.3 Å². The summed E-state index contributed by atoms with van der Waals surface area (Å²) in [5.74, 6) is 0.190. The van der Waals surface area contributed by atoms with E-state index >= 15 is 0 Å². The van der Waals surface area contributed by atoms with Crippen molar-refractivity contribution in [1.82, 2.24) is 5.32 Å². The Morgan fingerprint density at radius 1 is 0.929 bits per heavy atom. The predicted molar refractivity (Wildman–Crippen MR) is 114 cm³/mol. The molecular formula is C24H22N2OS. The zero-order valence-corrected chi connectivity index (χ0v) is 16.6. The first-order valence-corrected chi connectivity index (χ1v) is 10.1. The van der Waals surface area contributed by atoms with Crippen LogP contribution in [0.2, 0.25) is 0 Å². The van der Waals surface area contributed by atoms with E-state index in [2.05, 4.69) is 42.6 Å². The fourth-order valence-corrected chi connectivity index (χ4v) is 3.94. The van der Waals surface area contributed by atoms with Gasteiger partial charge in [0.2, 0.25) is 0 Å². The van der Waals surface area contributed by atoms with Crippen LogP contribution in [0.25, 0.3) is 0 Å². The molecule has 0 atom stereocenters. The van der Waals surface area contributed by atoms with Crippen molar-refractivity contribution in [2.45, 2.75) is 17.2 Å². The molecule has 0 aromatic heterocycles. The van der Waals surface area contributed by atoms with Crippen molar-refractivity contribution in [3.05, 3.63) is 102 Å². The predicted octanol–water partition coefficient (Wildman–Crippen LogP) is 5.04. The van der Waals surface area contributed by atoms with Gasteiger partial charge in [0.15, 0.2) is 0 Å². The second-order valence-corrected chi connectivity index (χ2v) is 7.71. The minimum Gasteiger partial charge on any atom is -0.351 e. The highest BCUT2D eigenvalue weighted by Crippen LogP contribution is 2.31. The summed E-state index contributed by atoms with van der Waals surface area (Å²) in [6.07, 6.45) is 0. The first-order valence-electron chi connectivity index (χ1n) is 9.13. The van der Waals surface area contributed by atoms with E-state index in [-0.39, 0.29) is 11.3 Å². The van der Waals surface area contributed by atoms with Crippen molar-refractivity contribution in [1.29, 1.82) is 5.26 Å². The molecule has 28 heavy (non-hydrogen) atoms. The Bertz CT molecular complexity index is 925. The van der Waals surface area contributed by atoms with E-state index in [9.17, 15) is 4.79 Å². The lowest BCUT2D eigenvalue weighted by molar-refractivity contribution is 0.0944. The van der Waals surface area contributed by atoms with Crippen LogP contribution in [-0.4, -0.2) is 18.2 Å². The number of nitrogens with one attached hydrogen (secondary N) is 1. The molecule has 0 heterocycles. The number of nitrogens with zero attached hydrogens (tertiary/aromatic N) is 1. The van der Waals surface area contributed by atoms with E-state index in [1.807, 2.05) is 54.6 Å². The van der Waals surface area contributed by atoms with Gasteiger partial charge in [-0.25, -0.2) is 0 Å². The third-order valence-electron chi connectivity index (χ3n) is 4.85. The average Bonchev–Trinajstić information content (AvgIpc) is 2.77. The standard InChI is InChI=1S/C24H22N2OS/c1-24(19-10-4-2-5-11-19,20-12-6-3-7-13-20)18-26-23(27)21-14-8-9-15-22(21)28-17-16-25/h2-15H,17-18H2,1H3,(H,26,27). The van der Waals surface area contributed by atoms with Crippen LogP contribution >= 0.6 is 11.8 Å². The molecule has 0 aliphatic carbocycles. The molecule has 0 unspecified atom stereocenters. The molecule has 0 fully saturated rings. The zero-order valence-electron chi connectivity index (χ0n) is 15.8. The van der Waals surface area contributed by atoms with Crippen molar-refractivity contribution in [3.63, 3.8) is 0 Å². The van der Waals surface area contributed by atoms with Gasteiger partial charge in [-0.05, 0) is 30.2 Å². The van der Waals surface area contributed by atoms with Crippen LogP contribution < -0.4 is 5.32 Å². The van der Waals surface area contributed by atoms with Gasteiger partial charge in [0.05, 0.1) is 17.4 Å². The number of hydrogen-bond donors (Lipinski definition) is 1. The lowest BCUT2D eigenvalue weighted by atomic mass is 9.76. The summed E-state index contributed by atoms with van der Waals surface area (Å²) in [7, 11) is 0. The van der Waals surface area contributed by atoms with E-state index in [1.165, 1.54) is 11.8 Å². The molecular weight excluding hydrogens is 364 g/mol. The summed E-state index contributed by atoms with van der Waals surface area (Å²) in [6, 6.07) is 30.0. The summed E-state index contributed by atoms with van der Waals surface area (Å²) < 4.78 is 0. The Hall–Kier alpha value is -3.03. The van der Waals surface area contributed by atoms with Gasteiger partial charge in [-0.15, -0.1) is 11.8 Å². The van der Waals surface area contributed by atoms with Crippen LogP contribution in [0.4, 0.5) is 0 Å². The summed E-state index contributed by atoms with van der Waals surface area (Å²) in [5, 5.41) is 12.0. The molecule has 0 radical (unpaired) electrons. The van der Waals surface area contributed by atoms with E-state index < -0.39 is 0 Å². The first-order chi connectivity index (χ1) is 13.6. The van der Waals surface area contributed by atoms with Gasteiger partial charge in [-0.2, -0.15) is 5.26 Å². The van der Waals surface area contributed by atoms with Crippen molar-refractivity contribution in [2.24, 2.45) is 0 Å². The van der Waals surface area contributed by atoms with Crippen molar-refractivity contribution in [2.75, 3.05) is 12.3 Å². The molecule has 3 aromatic rings. The fraction of sp³-hybridized carbons (Fsp3) is 0.167. The van der Waals surface area contributed by atoms with Gasteiger partial charge >= 0.3 is 0 Å². The molecule has 0 spiro atoms. The second-order valence-electron chi connectivity index (χ2n) is 6.69. The third kappa shape index (κ3) is 4.44. The van der Waals surface area contributed by atoms with Crippen molar-refractivity contribution >= 4 is 17.7 Å². The van der Waals surface area contributed by atoms with E-state index in [1.54, 1.807) is 6.07 Å². The van der Waals surface area contributed by atoms with Gasteiger partial charge in [-0.3, -0.25) is 4.79 Å². The fourth-order valence-electron chi connectivity index (χ4n) is 3.23. The number of amides is 1. The number of hydrogen-bond acceptors (Lipinski definition) is 3. The molecule has 0 aliphatic heterocycles. The number of carbonyl (C=O) groups excluding carboxylic acids is 1. The van der Waals surface area contributed by atoms with Crippen LogP contribution in [-0.2, 0) is 5.41 Å². The molecule has 3 nitrogen and oxygen atoms in total. The van der Waals surface area contributed by atoms with Crippen LogP contribution in [0.3, 0.4) is 0 Å². The zero-order chi connectivity index (χ0) is 19.8. The third-order valence-corrected chi connectivity index (χ3v) is 5.79. The highest BCUT2D eigenvalue weighted by molar-refractivity contribution is 7.99. The number of nitriles is 1. The Labute approximate surface area is 170 Å². The van der Waals surface area contributed by atoms with Gasteiger partial charge < -0.3 is 5.32 Å². The maximum atomic E-state index is 12.9.